The molecule has 6 heteroatoms. The molecular formula is C15H25N3O2S. The fourth-order valence-electron chi connectivity index (χ4n) is 2.96. The first-order valence-electron chi connectivity index (χ1n) is 7.93. The van der Waals surface area contributed by atoms with Crippen molar-refractivity contribution >= 4 is 10.0 Å². The minimum Gasteiger partial charge on any atom is -0.352 e. The number of aryl methyl sites for hydroxylation is 1. The molecule has 2 N–H and O–H groups in total. The zero-order valence-electron chi connectivity index (χ0n) is 12.6. The van der Waals surface area contributed by atoms with Gasteiger partial charge in [-0.15, -0.1) is 0 Å². The molecule has 0 saturated heterocycles. The van der Waals surface area contributed by atoms with Crippen LogP contribution in [0.5, 0.6) is 0 Å². The van der Waals surface area contributed by atoms with Crippen LogP contribution in [0.2, 0.25) is 0 Å². The molecule has 1 heterocycles. The molecule has 2 saturated carbocycles. The van der Waals surface area contributed by atoms with Gasteiger partial charge in [-0.2, -0.15) is 0 Å². The monoisotopic (exact) mass is 311 g/mol. The molecule has 0 atom stereocenters. The summed E-state index contributed by atoms with van der Waals surface area (Å²) in [6, 6.07) is 2.41. The number of hydrogen-bond donors (Lipinski definition) is 2. The van der Waals surface area contributed by atoms with Crippen LogP contribution >= 0.6 is 0 Å². The molecule has 1 aromatic rings. The fraction of sp³-hybridized carbons (Fsp3) is 0.733. The largest absolute Gasteiger partial charge is 0.352 e. The molecule has 0 bridgehead atoms. The highest BCUT2D eigenvalue weighted by atomic mass is 32.2. The van der Waals surface area contributed by atoms with Crippen molar-refractivity contribution < 1.29 is 8.42 Å². The third-order valence-corrected chi connectivity index (χ3v) is 5.97. The first-order valence-corrected chi connectivity index (χ1v) is 9.41. The van der Waals surface area contributed by atoms with Crippen LogP contribution in [0.15, 0.2) is 17.2 Å². The van der Waals surface area contributed by atoms with Crippen molar-refractivity contribution in [3.05, 3.63) is 18.0 Å². The van der Waals surface area contributed by atoms with Gasteiger partial charge >= 0.3 is 0 Å². The zero-order chi connectivity index (χ0) is 14.9. The average molecular weight is 311 g/mol. The van der Waals surface area contributed by atoms with Crippen molar-refractivity contribution in [1.29, 1.82) is 0 Å². The quantitative estimate of drug-likeness (QED) is 0.806. The van der Waals surface area contributed by atoms with Gasteiger partial charge in [0.1, 0.15) is 0 Å². The molecule has 0 aliphatic heterocycles. The van der Waals surface area contributed by atoms with Crippen molar-refractivity contribution in [1.82, 2.24) is 14.6 Å². The average Bonchev–Trinajstić information content (AvgIpc) is 2.98. The van der Waals surface area contributed by atoms with Gasteiger partial charge in [0.2, 0.25) is 10.0 Å². The summed E-state index contributed by atoms with van der Waals surface area (Å²) in [6.07, 6.45) is 8.93. The van der Waals surface area contributed by atoms with E-state index in [4.69, 9.17) is 0 Å². The lowest BCUT2D eigenvalue weighted by Gasteiger charge is -2.10. The summed E-state index contributed by atoms with van der Waals surface area (Å²) in [4.78, 5) is 0.385. The van der Waals surface area contributed by atoms with Gasteiger partial charge in [-0.1, -0.05) is 12.8 Å². The highest BCUT2D eigenvalue weighted by Crippen LogP contribution is 2.24. The van der Waals surface area contributed by atoms with Crippen molar-refractivity contribution in [2.45, 2.75) is 56.0 Å². The third-order valence-electron chi connectivity index (χ3n) is 4.58. The summed E-state index contributed by atoms with van der Waals surface area (Å²) < 4.78 is 29.4. The van der Waals surface area contributed by atoms with Gasteiger partial charge in [-0.3, -0.25) is 0 Å². The Labute approximate surface area is 127 Å². The second kappa shape index (κ2) is 6.10. The van der Waals surface area contributed by atoms with E-state index < -0.39 is 10.0 Å². The lowest BCUT2D eigenvalue weighted by Crippen LogP contribution is -2.28. The summed E-state index contributed by atoms with van der Waals surface area (Å²) in [5.41, 5.74) is 1.02. The molecule has 0 radical (unpaired) electrons. The molecule has 0 unspecified atom stereocenters. The summed E-state index contributed by atoms with van der Waals surface area (Å²) in [7, 11) is -1.47. The Morgan fingerprint density at radius 3 is 2.62 bits per heavy atom. The fourth-order valence-corrected chi connectivity index (χ4v) is 4.17. The highest BCUT2D eigenvalue weighted by molar-refractivity contribution is 7.89. The number of nitrogens with one attached hydrogen (secondary N) is 2. The van der Waals surface area contributed by atoms with Crippen molar-refractivity contribution in [2.75, 3.05) is 6.54 Å². The van der Waals surface area contributed by atoms with Crippen molar-refractivity contribution in [3.63, 3.8) is 0 Å². The Hall–Kier alpha value is -0.850. The normalized spacial score (nSPS) is 20.2. The van der Waals surface area contributed by atoms with Crippen LogP contribution in [0, 0.1) is 5.92 Å². The lowest BCUT2D eigenvalue weighted by molar-refractivity contribution is 0.519. The maximum Gasteiger partial charge on any atom is 0.242 e. The van der Waals surface area contributed by atoms with Crippen LogP contribution in [0.25, 0.3) is 0 Å². The predicted molar refractivity (Wildman–Crippen MR) is 82.4 cm³/mol. The SMILES string of the molecule is Cn1cc(S(=O)(=O)NCC2CCCC2)cc1CNC1CC1. The summed E-state index contributed by atoms with van der Waals surface area (Å²) in [6.45, 7) is 1.31. The smallest absolute Gasteiger partial charge is 0.242 e. The minimum absolute atomic E-state index is 0.385. The van der Waals surface area contributed by atoms with Gasteiger partial charge < -0.3 is 9.88 Å². The van der Waals surface area contributed by atoms with E-state index in [9.17, 15) is 8.42 Å². The van der Waals surface area contributed by atoms with Crippen LogP contribution in [-0.2, 0) is 23.6 Å². The van der Waals surface area contributed by atoms with E-state index in [-0.39, 0.29) is 0 Å². The molecule has 0 aromatic carbocycles. The van der Waals surface area contributed by atoms with Gasteiger partial charge in [-0.25, -0.2) is 13.1 Å². The van der Waals surface area contributed by atoms with E-state index in [1.807, 2.05) is 11.6 Å². The molecule has 2 aliphatic carbocycles. The number of nitrogens with zero attached hydrogens (tertiary/aromatic N) is 1. The standard InChI is InChI=1S/C15H25N3O2S/c1-18-11-15(8-14(18)10-16-13-6-7-13)21(19,20)17-9-12-4-2-3-5-12/h8,11-13,16-17H,2-7,9-10H2,1H3. The molecule has 1 aromatic heterocycles. The number of hydrogen-bond acceptors (Lipinski definition) is 3. The van der Waals surface area contributed by atoms with Crippen LogP contribution in [-0.4, -0.2) is 25.6 Å². The number of aromatic nitrogens is 1. The van der Waals surface area contributed by atoms with Crippen LogP contribution < -0.4 is 10.0 Å². The van der Waals surface area contributed by atoms with Crippen LogP contribution in [0.4, 0.5) is 0 Å². The van der Waals surface area contributed by atoms with Crippen LogP contribution in [0.3, 0.4) is 0 Å². The maximum absolute atomic E-state index is 12.4. The molecule has 5 nitrogen and oxygen atoms in total. The Kier molecular flexibility index (Phi) is 4.38. The Bertz CT molecular complexity index is 584. The first kappa shape index (κ1) is 15.1. The van der Waals surface area contributed by atoms with E-state index in [0.717, 1.165) is 25.1 Å². The second-order valence-electron chi connectivity index (χ2n) is 6.44. The third kappa shape index (κ3) is 3.87. The highest BCUT2D eigenvalue weighted by Gasteiger charge is 2.23. The number of rotatable bonds is 7. The van der Waals surface area contributed by atoms with Gasteiger partial charge in [-0.05, 0) is 37.7 Å². The van der Waals surface area contributed by atoms with Gasteiger partial charge in [0.25, 0.3) is 0 Å². The molecule has 21 heavy (non-hydrogen) atoms. The van der Waals surface area contributed by atoms with E-state index in [1.54, 1.807) is 12.3 Å². The maximum atomic E-state index is 12.4. The minimum atomic E-state index is -3.37. The summed E-state index contributed by atoms with van der Waals surface area (Å²) in [5, 5.41) is 3.42. The topological polar surface area (TPSA) is 63.1 Å². The molecule has 2 fully saturated rings. The molecule has 3 rings (SSSR count). The van der Waals surface area contributed by atoms with Crippen molar-refractivity contribution in [2.24, 2.45) is 13.0 Å². The van der Waals surface area contributed by atoms with E-state index in [0.29, 0.717) is 23.4 Å². The summed E-state index contributed by atoms with van der Waals surface area (Å²) in [5.74, 6) is 0.513. The second-order valence-corrected chi connectivity index (χ2v) is 8.20. The number of sulfonamides is 1. The Balaban J connectivity index is 1.61. The van der Waals surface area contributed by atoms with E-state index >= 15 is 0 Å². The first-order chi connectivity index (χ1) is 10.0. The summed E-state index contributed by atoms with van der Waals surface area (Å²) >= 11 is 0. The Morgan fingerprint density at radius 2 is 1.95 bits per heavy atom. The van der Waals surface area contributed by atoms with Crippen LogP contribution in [0.1, 0.15) is 44.2 Å². The van der Waals surface area contributed by atoms with E-state index in [1.165, 1.54) is 25.7 Å². The van der Waals surface area contributed by atoms with E-state index in [2.05, 4.69) is 10.0 Å². The molecule has 2 aliphatic rings. The Morgan fingerprint density at radius 1 is 1.24 bits per heavy atom. The molecular weight excluding hydrogens is 286 g/mol. The van der Waals surface area contributed by atoms with Gasteiger partial charge in [0, 0.05) is 38.1 Å². The van der Waals surface area contributed by atoms with Crippen molar-refractivity contribution in [3.8, 4) is 0 Å². The molecule has 0 spiro atoms. The predicted octanol–water partition coefficient (Wildman–Crippen LogP) is 1.75. The van der Waals surface area contributed by atoms with Gasteiger partial charge in [0.15, 0.2) is 0 Å². The van der Waals surface area contributed by atoms with Gasteiger partial charge in [0.05, 0.1) is 4.90 Å². The molecule has 118 valence electrons. The lowest BCUT2D eigenvalue weighted by atomic mass is 10.1. The zero-order valence-corrected chi connectivity index (χ0v) is 13.5. The molecule has 0 amide bonds.